The van der Waals surface area contributed by atoms with E-state index in [-0.39, 0.29) is 0 Å². The number of benzene rings is 2. The monoisotopic (exact) mass is 233 g/mol. The maximum atomic E-state index is 2.42. The maximum Gasteiger partial charge on any atom is 0.0497 e. The van der Waals surface area contributed by atoms with E-state index in [1.165, 1.54) is 35.5 Å². The molecule has 1 atom stereocenters. The minimum absolute atomic E-state index is 0.612. The highest BCUT2D eigenvalue weighted by atomic mass is 15.2. The van der Waals surface area contributed by atoms with Gasteiger partial charge >= 0.3 is 0 Å². The second-order valence-corrected chi connectivity index (χ2v) is 4.99. The third-order valence-corrected chi connectivity index (χ3v) is 3.99. The number of nitrogens with zero attached hydrogens (tertiary/aromatic N) is 1. The third kappa shape index (κ3) is 1.28. The number of rotatable bonds is 1. The Morgan fingerprint density at radius 3 is 2.56 bits per heavy atom. The van der Waals surface area contributed by atoms with E-state index in [9.17, 15) is 0 Å². The van der Waals surface area contributed by atoms with Gasteiger partial charge in [-0.2, -0.15) is 0 Å². The Labute approximate surface area is 107 Å². The van der Waals surface area contributed by atoms with Crippen molar-refractivity contribution >= 4 is 11.4 Å². The van der Waals surface area contributed by atoms with Crippen molar-refractivity contribution in [2.24, 2.45) is 0 Å². The second-order valence-electron chi connectivity index (χ2n) is 4.99. The van der Waals surface area contributed by atoms with E-state index in [4.69, 9.17) is 0 Å². The SMILES string of the molecule is C1=C2C(CC1)c1ccccc1N2c1ccccc1. The Bertz CT molecular complexity index is 613. The number of para-hydroxylation sites is 2. The van der Waals surface area contributed by atoms with E-state index in [1.807, 2.05) is 0 Å². The Morgan fingerprint density at radius 1 is 0.889 bits per heavy atom. The van der Waals surface area contributed by atoms with E-state index in [0.29, 0.717) is 5.92 Å². The van der Waals surface area contributed by atoms with Crippen molar-refractivity contribution in [3.8, 4) is 0 Å². The molecule has 0 bridgehead atoms. The van der Waals surface area contributed by atoms with Crippen molar-refractivity contribution < 1.29 is 0 Å². The van der Waals surface area contributed by atoms with Crippen LogP contribution in [0.2, 0.25) is 0 Å². The molecule has 0 N–H and O–H groups in total. The number of hydrogen-bond acceptors (Lipinski definition) is 1. The summed E-state index contributed by atoms with van der Waals surface area (Å²) in [6.07, 6.45) is 4.87. The zero-order valence-corrected chi connectivity index (χ0v) is 10.2. The van der Waals surface area contributed by atoms with Gasteiger partial charge in [-0.25, -0.2) is 0 Å². The van der Waals surface area contributed by atoms with Gasteiger partial charge in [0.1, 0.15) is 0 Å². The van der Waals surface area contributed by atoms with Crippen LogP contribution in [0.5, 0.6) is 0 Å². The Balaban J connectivity index is 1.92. The van der Waals surface area contributed by atoms with Gasteiger partial charge in [0.05, 0.1) is 0 Å². The molecule has 1 heterocycles. The highest BCUT2D eigenvalue weighted by Gasteiger charge is 2.36. The first-order valence-electron chi connectivity index (χ1n) is 6.59. The van der Waals surface area contributed by atoms with Gasteiger partial charge in [0.15, 0.2) is 0 Å². The van der Waals surface area contributed by atoms with Crippen LogP contribution in [0.3, 0.4) is 0 Å². The average molecular weight is 233 g/mol. The molecule has 0 saturated heterocycles. The molecule has 2 aliphatic rings. The summed E-state index contributed by atoms with van der Waals surface area (Å²) >= 11 is 0. The molecule has 18 heavy (non-hydrogen) atoms. The van der Waals surface area contributed by atoms with E-state index in [0.717, 1.165) is 0 Å². The molecule has 1 nitrogen and oxygen atoms in total. The maximum absolute atomic E-state index is 2.42. The first kappa shape index (κ1) is 9.95. The van der Waals surface area contributed by atoms with Crippen molar-refractivity contribution in [3.05, 3.63) is 71.9 Å². The molecule has 2 aromatic rings. The molecular weight excluding hydrogens is 218 g/mol. The lowest BCUT2D eigenvalue weighted by Crippen LogP contribution is -2.11. The Hall–Kier alpha value is -2.02. The van der Waals surface area contributed by atoms with Crippen LogP contribution in [0, 0.1) is 0 Å². The van der Waals surface area contributed by atoms with E-state index in [2.05, 4.69) is 65.6 Å². The second kappa shape index (κ2) is 3.74. The molecule has 1 unspecified atom stereocenters. The molecule has 0 aromatic heterocycles. The van der Waals surface area contributed by atoms with Crippen molar-refractivity contribution in [1.82, 2.24) is 0 Å². The van der Waals surface area contributed by atoms with Gasteiger partial charge in [0, 0.05) is 23.0 Å². The van der Waals surface area contributed by atoms with Crippen LogP contribution in [0.1, 0.15) is 24.3 Å². The molecule has 2 aromatic carbocycles. The smallest absolute Gasteiger partial charge is 0.0497 e. The fraction of sp³-hybridized carbons (Fsp3) is 0.176. The van der Waals surface area contributed by atoms with Crippen LogP contribution in [-0.4, -0.2) is 0 Å². The van der Waals surface area contributed by atoms with Crippen molar-refractivity contribution in [1.29, 1.82) is 0 Å². The minimum Gasteiger partial charge on any atom is -0.314 e. The highest BCUT2D eigenvalue weighted by Crippen LogP contribution is 2.51. The molecular formula is C17H15N. The molecule has 88 valence electrons. The van der Waals surface area contributed by atoms with Crippen molar-refractivity contribution in [3.63, 3.8) is 0 Å². The summed E-state index contributed by atoms with van der Waals surface area (Å²) in [5.74, 6) is 0.612. The largest absolute Gasteiger partial charge is 0.314 e. The van der Waals surface area contributed by atoms with E-state index >= 15 is 0 Å². The molecule has 0 saturated carbocycles. The molecule has 1 aliphatic carbocycles. The normalized spacial score (nSPS) is 20.6. The lowest BCUT2D eigenvalue weighted by atomic mass is 9.99. The predicted octanol–water partition coefficient (Wildman–Crippen LogP) is 4.60. The molecule has 0 spiro atoms. The standard InChI is InChI=1S/C17H15N/c1-2-7-13(8-3-1)18-16-11-5-4-9-14(16)15-10-6-12-17(15)18/h1-5,7-9,11-12,15H,6,10H2. The summed E-state index contributed by atoms with van der Waals surface area (Å²) in [6.45, 7) is 0. The number of fused-ring (bicyclic) bond motifs is 3. The molecule has 0 fully saturated rings. The van der Waals surface area contributed by atoms with E-state index < -0.39 is 0 Å². The van der Waals surface area contributed by atoms with Gasteiger partial charge in [-0.1, -0.05) is 42.5 Å². The van der Waals surface area contributed by atoms with Crippen LogP contribution < -0.4 is 4.90 Å². The van der Waals surface area contributed by atoms with Gasteiger partial charge in [-0.15, -0.1) is 0 Å². The summed E-state index contributed by atoms with van der Waals surface area (Å²) in [7, 11) is 0. The van der Waals surface area contributed by atoms with Gasteiger partial charge in [0.2, 0.25) is 0 Å². The zero-order chi connectivity index (χ0) is 11.9. The minimum atomic E-state index is 0.612. The summed E-state index contributed by atoms with van der Waals surface area (Å²) < 4.78 is 0. The van der Waals surface area contributed by atoms with Crippen molar-refractivity contribution in [2.75, 3.05) is 4.90 Å². The molecule has 4 rings (SSSR count). The van der Waals surface area contributed by atoms with Crippen molar-refractivity contribution in [2.45, 2.75) is 18.8 Å². The number of hydrogen-bond donors (Lipinski definition) is 0. The van der Waals surface area contributed by atoms with Crippen LogP contribution in [0.25, 0.3) is 0 Å². The van der Waals surface area contributed by atoms with Crippen LogP contribution in [0.4, 0.5) is 11.4 Å². The fourth-order valence-corrected chi connectivity index (χ4v) is 3.24. The first-order chi connectivity index (χ1) is 8.95. The lowest BCUT2D eigenvalue weighted by molar-refractivity contribution is 0.790. The fourth-order valence-electron chi connectivity index (χ4n) is 3.24. The van der Waals surface area contributed by atoms with Gasteiger partial charge in [-0.05, 0) is 36.6 Å². The quantitative estimate of drug-likeness (QED) is 0.695. The van der Waals surface area contributed by atoms with Gasteiger partial charge < -0.3 is 4.90 Å². The molecule has 0 radical (unpaired) electrons. The topological polar surface area (TPSA) is 3.24 Å². The summed E-state index contributed by atoms with van der Waals surface area (Å²) in [5, 5.41) is 0. The van der Waals surface area contributed by atoms with Gasteiger partial charge in [0.25, 0.3) is 0 Å². The summed E-state index contributed by atoms with van der Waals surface area (Å²) in [4.78, 5) is 2.42. The number of allylic oxidation sites excluding steroid dienone is 2. The van der Waals surface area contributed by atoms with E-state index in [1.54, 1.807) is 0 Å². The van der Waals surface area contributed by atoms with Gasteiger partial charge in [-0.3, -0.25) is 0 Å². The molecule has 0 amide bonds. The average Bonchev–Trinajstić information content (AvgIpc) is 2.99. The summed E-state index contributed by atoms with van der Waals surface area (Å²) in [5.41, 5.74) is 5.60. The summed E-state index contributed by atoms with van der Waals surface area (Å²) in [6, 6.07) is 19.5. The number of anilines is 2. The molecule has 1 heteroatoms. The first-order valence-corrected chi connectivity index (χ1v) is 6.59. The highest BCUT2D eigenvalue weighted by molar-refractivity contribution is 5.78. The Kier molecular flexibility index (Phi) is 2.07. The zero-order valence-electron chi connectivity index (χ0n) is 10.2. The molecule has 1 aliphatic heterocycles. The van der Waals surface area contributed by atoms with Crippen LogP contribution >= 0.6 is 0 Å². The third-order valence-electron chi connectivity index (χ3n) is 3.99. The lowest BCUT2D eigenvalue weighted by Gasteiger charge is -2.21. The van der Waals surface area contributed by atoms with Crippen LogP contribution in [-0.2, 0) is 0 Å². The predicted molar refractivity (Wildman–Crippen MR) is 75.1 cm³/mol. The Morgan fingerprint density at radius 2 is 1.67 bits per heavy atom. The van der Waals surface area contributed by atoms with Crippen LogP contribution in [0.15, 0.2) is 66.4 Å².